The summed E-state index contributed by atoms with van der Waals surface area (Å²) in [4.78, 5) is 28.3. The predicted molar refractivity (Wildman–Crippen MR) is 146 cm³/mol. The summed E-state index contributed by atoms with van der Waals surface area (Å²) in [5.41, 5.74) is 1.90. The van der Waals surface area contributed by atoms with Crippen molar-refractivity contribution in [1.29, 1.82) is 0 Å². The summed E-state index contributed by atoms with van der Waals surface area (Å²) in [5.74, 6) is -0.887. The van der Waals surface area contributed by atoms with E-state index in [1.807, 2.05) is 30.3 Å². The highest BCUT2D eigenvalue weighted by Crippen LogP contribution is 2.28. The third kappa shape index (κ3) is 7.32. The van der Waals surface area contributed by atoms with Crippen LogP contribution in [0.4, 0.5) is 5.69 Å². The number of hydrogen-bond donors (Lipinski definition) is 1. The Morgan fingerprint density at radius 3 is 2.22 bits per heavy atom. The van der Waals surface area contributed by atoms with Gasteiger partial charge in [0.05, 0.1) is 11.9 Å². The third-order valence-electron chi connectivity index (χ3n) is 5.56. The molecule has 10 heteroatoms. The summed E-state index contributed by atoms with van der Waals surface area (Å²) < 4.78 is 27.0. The van der Waals surface area contributed by atoms with E-state index in [0.717, 1.165) is 16.1 Å². The van der Waals surface area contributed by atoms with E-state index in [9.17, 15) is 18.0 Å². The van der Waals surface area contributed by atoms with Gasteiger partial charge in [-0.1, -0.05) is 66.2 Å². The molecule has 0 fully saturated rings. The molecule has 0 unspecified atom stereocenters. The van der Waals surface area contributed by atoms with Crippen LogP contribution in [0.5, 0.6) is 0 Å². The Bertz CT molecular complexity index is 1320. The first-order valence-electron chi connectivity index (χ1n) is 11.1. The molecule has 2 amide bonds. The summed E-state index contributed by atoms with van der Waals surface area (Å²) in [6.45, 7) is -0.415. The van der Waals surface area contributed by atoms with Crippen molar-refractivity contribution in [1.82, 2.24) is 10.2 Å². The second kappa shape index (κ2) is 12.4. The number of halogens is 2. The lowest BCUT2D eigenvalue weighted by molar-refractivity contribution is -0.139. The minimum atomic E-state index is -3.82. The lowest BCUT2D eigenvalue weighted by Crippen LogP contribution is -2.52. The Hall–Kier alpha value is -2.88. The maximum Gasteiger partial charge on any atom is 0.244 e. The number of rotatable bonds is 10. The molecule has 190 valence electrons. The van der Waals surface area contributed by atoms with Crippen molar-refractivity contribution in [3.63, 3.8) is 0 Å². The van der Waals surface area contributed by atoms with E-state index in [0.29, 0.717) is 20.7 Å². The van der Waals surface area contributed by atoms with Gasteiger partial charge in [-0.25, -0.2) is 8.42 Å². The van der Waals surface area contributed by atoms with Crippen LogP contribution < -0.4 is 9.62 Å². The number of para-hydroxylation sites is 1. The van der Waals surface area contributed by atoms with Gasteiger partial charge in [0.15, 0.2) is 0 Å². The number of benzene rings is 3. The Balaban J connectivity index is 2.04. The second-order valence-electron chi connectivity index (χ2n) is 8.19. The Kier molecular flexibility index (Phi) is 9.53. The van der Waals surface area contributed by atoms with Gasteiger partial charge in [-0.05, 0) is 51.3 Å². The largest absolute Gasteiger partial charge is 0.357 e. The summed E-state index contributed by atoms with van der Waals surface area (Å²) >= 11 is 9.55. The van der Waals surface area contributed by atoms with E-state index in [2.05, 4.69) is 21.2 Å². The van der Waals surface area contributed by atoms with Crippen LogP contribution in [0.1, 0.15) is 11.1 Å². The second-order valence-corrected chi connectivity index (χ2v) is 11.4. The lowest BCUT2D eigenvalue weighted by atomic mass is 10.0. The number of carbonyl (C=O) groups excluding carboxylic acids is 2. The zero-order valence-electron chi connectivity index (χ0n) is 19.9. The molecule has 0 aliphatic carbocycles. The SMILES string of the molecule is CNC(=O)[C@H](Cc1ccccc1)N(Cc1cccc(Cl)c1)C(=O)CN(c1ccccc1Br)S(C)(=O)=O. The fraction of sp³-hybridized carbons (Fsp3) is 0.231. The van der Waals surface area contributed by atoms with Crippen LogP contribution in [0.25, 0.3) is 0 Å². The number of likely N-dealkylation sites (N-methyl/N-ethyl adjacent to an activating group) is 1. The maximum absolute atomic E-state index is 13.8. The first-order chi connectivity index (χ1) is 17.1. The van der Waals surface area contributed by atoms with E-state index >= 15 is 0 Å². The van der Waals surface area contributed by atoms with Crippen molar-refractivity contribution >= 4 is 55.1 Å². The van der Waals surface area contributed by atoms with Gasteiger partial charge >= 0.3 is 0 Å². The molecule has 0 aliphatic rings. The molecule has 3 aromatic carbocycles. The van der Waals surface area contributed by atoms with Crippen molar-refractivity contribution < 1.29 is 18.0 Å². The predicted octanol–water partition coefficient (Wildman–Crippen LogP) is 4.25. The van der Waals surface area contributed by atoms with Crippen molar-refractivity contribution in [2.75, 3.05) is 24.2 Å². The third-order valence-corrected chi connectivity index (χ3v) is 7.59. The molecule has 0 radical (unpaired) electrons. The number of anilines is 1. The molecule has 3 aromatic rings. The fourth-order valence-corrected chi connectivity index (χ4v) is 5.49. The van der Waals surface area contributed by atoms with Gasteiger partial charge in [0.1, 0.15) is 12.6 Å². The highest BCUT2D eigenvalue weighted by atomic mass is 79.9. The molecule has 0 bridgehead atoms. The van der Waals surface area contributed by atoms with Crippen LogP contribution >= 0.6 is 27.5 Å². The topological polar surface area (TPSA) is 86.8 Å². The minimum absolute atomic E-state index is 0.0673. The molecule has 0 aromatic heterocycles. The normalized spacial score (nSPS) is 12.0. The molecule has 0 saturated carbocycles. The van der Waals surface area contributed by atoms with Crippen LogP contribution in [-0.4, -0.2) is 51.0 Å². The van der Waals surface area contributed by atoms with E-state index in [1.165, 1.54) is 11.9 Å². The van der Waals surface area contributed by atoms with Gasteiger partial charge in [0.25, 0.3) is 0 Å². The number of nitrogens with one attached hydrogen (secondary N) is 1. The zero-order valence-corrected chi connectivity index (χ0v) is 23.1. The Morgan fingerprint density at radius 1 is 0.972 bits per heavy atom. The number of carbonyl (C=O) groups is 2. The minimum Gasteiger partial charge on any atom is -0.357 e. The fourth-order valence-electron chi connectivity index (χ4n) is 3.80. The molecule has 1 atom stereocenters. The molecule has 36 heavy (non-hydrogen) atoms. The number of sulfonamides is 1. The number of nitrogens with zero attached hydrogens (tertiary/aromatic N) is 2. The van der Waals surface area contributed by atoms with Crippen molar-refractivity contribution in [3.8, 4) is 0 Å². The standard InChI is InChI=1S/C26H27BrClN3O4S/c1-29-26(33)24(16-19-9-4-3-5-10-19)30(17-20-11-8-12-21(28)15-20)25(32)18-31(36(2,34)35)23-14-7-6-13-22(23)27/h3-15,24H,16-18H2,1-2H3,(H,29,33)/t24-/m0/s1. The number of amides is 2. The first-order valence-corrected chi connectivity index (χ1v) is 14.1. The van der Waals surface area contributed by atoms with Crippen LogP contribution in [0.2, 0.25) is 5.02 Å². The smallest absolute Gasteiger partial charge is 0.244 e. The van der Waals surface area contributed by atoms with Crippen LogP contribution in [0.3, 0.4) is 0 Å². The van der Waals surface area contributed by atoms with Gasteiger partial charge < -0.3 is 10.2 Å². The van der Waals surface area contributed by atoms with E-state index in [-0.39, 0.29) is 18.9 Å². The highest BCUT2D eigenvalue weighted by Gasteiger charge is 2.33. The van der Waals surface area contributed by atoms with Crippen molar-refractivity contribution in [2.24, 2.45) is 0 Å². The first kappa shape index (κ1) is 27.7. The van der Waals surface area contributed by atoms with E-state index in [4.69, 9.17) is 11.6 Å². The van der Waals surface area contributed by atoms with Crippen LogP contribution in [0.15, 0.2) is 83.3 Å². The van der Waals surface area contributed by atoms with E-state index in [1.54, 1.807) is 48.5 Å². The van der Waals surface area contributed by atoms with Crippen LogP contribution in [-0.2, 0) is 32.6 Å². The van der Waals surface area contributed by atoms with Crippen LogP contribution in [0, 0.1) is 0 Å². The van der Waals surface area contributed by atoms with Crippen molar-refractivity contribution in [3.05, 3.63) is 99.5 Å². The molecule has 0 saturated heterocycles. The molecule has 7 nitrogen and oxygen atoms in total. The molecular formula is C26H27BrClN3O4S. The maximum atomic E-state index is 13.8. The highest BCUT2D eigenvalue weighted by molar-refractivity contribution is 9.10. The molecule has 3 rings (SSSR count). The van der Waals surface area contributed by atoms with Gasteiger partial charge in [0, 0.05) is 29.5 Å². The molecule has 1 N–H and O–H groups in total. The van der Waals surface area contributed by atoms with Gasteiger partial charge in [-0.2, -0.15) is 0 Å². The average molecular weight is 593 g/mol. The lowest BCUT2D eigenvalue weighted by Gasteiger charge is -2.33. The Morgan fingerprint density at radius 2 is 1.61 bits per heavy atom. The molecule has 0 spiro atoms. The number of hydrogen-bond acceptors (Lipinski definition) is 4. The van der Waals surface area contributed by atoms with E-state index < -0.39 is 28.5 Å². The average Bonchev–Trinajstić information content (AvgIpc) is 2.84. The summed E-state index contributed by atoms with van der Waals surface area (Å²) in [5, 5.41) is 3.14. The molecule has 0 heterocycles. The summed E-state index contributed by atoms with van der Waals surface area (Å²) in [6.07, 6.45) is 1.29. The van der Waals surface area contributed by atoms with Gasteiger partial charge in [-0.15, -0.1) is 0 Å². The van der Waals surface area contributed by atoms with Gasteiger partial charge in [-0.3, -0.25) is 13.9 Å². The Labute approximate surface area is 225 Å². The van der Waals surface area contributed by atoms with Crippen molar-refractivity contribution in [2.45, 2.75) is 19.0 Å². The monoisotopic (exact) mass is 591 g/mol. The van der Waals surface area contributed by atoms with Gasteiger partial charge in [0.2, 0.25) is 21.8 Å². The zero-order chi connectivity index (χ0) is 26.3. The summed E-state index contributed by atoms with van der Waals surface area (Å²) in [7, 11) is -2.32. The quantitative estimate of drug-likeness (QED) is 0.381. The summed E-state index contributed by atoms with van der Waals surface area (Å²) in [6, 6.07) is 22.2. The molecular weight excluding hydrogens is 566 g/mol. The molecule has 0 aliphatic heterocycles.